The van der Waals surface area contributed by atoms with Gasteiger partial charge in [0.2, 0.25) is 0 Å². The standard InChI is InChI=1S/C24H29FN2O3S2/c1-5-24(3,4)15-10-11-17-18(13-15)32-21(19(17)22(29)30-6-2)27-23(31)26-20(28)14-8-7-9-16(25)12-14/h7-9,12,15H,5-6,10-11,13H2,1-4H3,(H2,26,27,28,31)/t15-/m1/s1. The maximum atomic E-state index is 13.4. The first-order chi connectivity index (χ1) is 15.2. The minimum Gasteiger partial charge on any atom is -0.462 e. The van der Waals surface area contributed by atoms with Gasteiger partial charge in [-0.15, -0.1) is 11.3 Å². The largest absolute Gasteiger partial charge is 0.462 e. The van der Waals surface area contributed by atoms with Crippen molar-refractivity contribution in [3.63, 3.8) is 0 Å². The predicted octanol–water partition coefficient (Wildman–Crippen LogP) is 5.73. The lowest BCUT2D eigenvalue weighted by molar-refractivity contribution is 0.0526. The van der Waals surface area contributed by atoms with E-state index in [4.69, 9.17) is 17.0 Å². The molecule has 2 aromatic rings. The van der Waals surface area contributed by atoms with Crippen LogP contribution in [0.1, 0.15) is 71.7 Å². The van der Waals surface area contributed by atoms with Crippen LogP contribution < -0.4 is 10.6 Å². The third-order valence-corrected chi connectivity index (χ3v) is 7.68. The molecule has 5 nitrogen and oxygen atoms in total. The minimum absolute atomic E-state index is 0.0499. The van der Waals surface area contributed by atoms with Crippen LogP contribution in [-0.2, 0) is 17.6 Å². The lowest BCUT2D eigenvalue weighted by Gasteiger charge is -2.36. The number of halogens is 1. The summed E-state index contributed by atoms with van der Waals surface area (Å²) in [5, 5.41) is 6.20. The Morgan fingerprint density at radius 2 is 2.06 bits per heavy atom. The topological polar surface area (TPSA) is 67.4 Å². The number of thiophene rings is 1. The first-order valence-electron chi connectivity index (χ1n) is 10.9. The number of esters is 1. The molecule has 0 fully saturated rings. The summed E-state index contributed by atoms with van der Waals surface area (Å²) in [4.78, 5) is 26.3. The van der Waals surface area contributed by atoms with Gasteiger partial charge in [0.05, 0.1) is 12.2 Å². The van der Waals surface area contributed by atoms with Crippen molar-refractivity contribution in [3.05, 3.63) is 51.7 Å². The van der Waals surface area contributed by atoms with Gasteiger partial charge in [0.1, 0.15) is 10.8 Å². The van der Waals surface area contributed by atoms with Gasteiger partial charge in [-0.1, -0.05) is 33.3 Å². The summed E-state index contributed by atoms with van der Waals surface area (Å²) in [5.74, 6) is -0.886. The molecule has 32 heavy (non-hydrogen) atoms. The first kappa shape index (κ1) is 24.3. The van der Waals surface area contributed by atoms with Crippen LogP contribution in [-0.4, -0.2) is 23.6 Å². The monoisotopic (exact) mass is 476 g/mol. The van der Waals surface area contributed by atoms with Gasteiger partial charge in [-0.05, 0) is 73.5 Å². The van der Waals surface area contributed by atoms with Crippen LogP contribution in [0, 0.1) is 17.2 Å². The SMILES string of the molecule is CCOC(=O)c1c(NC(=S)NC(=O)c2cccc(F)c2)sc2c1CC[C@@H](C(C)(C)CC)C2. The second-order valence-corrected chi connectivity index (χ2v) is 10.1. The molecule has 0 saturated carbocycles. The molecule has 0 bridgehead atoms. The number of ether oxygens (including phenoxy) is 1. The van der Waals surface area contributed by atoms with Gasteiger partial charge in [0.25, 0.3) is 5.91 Å². The quantitative estimate of drug-likeness (QED) is 0.412. The third-order valence-electron chi connectivity index (χ3n) is 6.30. The van der Waals surface area contributed by atoms with Gasteiger partial charge in [0, 0.05) is 10.4 Å². The molecule has 0 radical (unpaired) electrons. The summed E-state index contributed by atoms with van der Waals surface area (Å²) in [6.45, 7) is 8.83. The Kier molecular flexibility index (Phi) is 7.67. The van der Waals surface area contributed by atoms with Gasteiger partial charge < -0.3 is 10.1 Å². The van der Waals surface area contributed by atoms with E-state index in [2.05, 4.69) is 31.4 Å². The molecule has 1 aliphatic carbocycles. The van der Waals surface area contributed by atoms with Gasteiger partial charge >= 0.3 is 5.97 Å². The molecule has 1 heterocycles. The maximum absolute atomic E-state index is 13.4. The van der Waals surface area contributed by atoms with Crippen LogP contribution >= 0.6 is 23.6 Å². The number of thiocarbonyl (C=S) groups is 1. The molecule has 1 aliphatic rings. The Morgan fingerprint density at radius 3 is 2.72 bits per heavy atom. The summed E-state index contributed by atoms with van der Waals surface area (Å²) < 4.78 is 18.7. The van der Waals surface area contributed by atoms with Gasteiger partial charge in [-0.3, -0.25) is 10.1 Å². The number of carbonyl (C=O) groups is 2. The van der Waals surface area contributed by atoms with Crippen molar-refractivity contribution >= 4 is 45.5 Å². The van der Waals surface area contributed by atoms with Crippen molar-refractivity contribution in [2.24, 2.45) is 11.3 Å². The zero-order valence-electron chi connectivity index (χ0n) is 18.8. The molecule has 0 spiro atoms. The minimum atomic E-state index is -0.522. The molecule has 1 atom stereocenters. The highest BCUT2D eigenvalue weighted by atomic mass is 32.1. The summed E-state index contributed by atoms with van der Waals surface area (Å²) in [6, 6.07) is 5.37. The number of rotatable bonds is 6. The van der Waals surface area contributed by atoms with E-state index >= 15 is 0 Å². The van der Waals surface area contributed by atoms with E-state index in [0.717, 1.165) is 42.2 Å². The number of benzene rings is 1. The maximum Gasteiger partial charge on any atom is 0.341 e. The molecular formula is C24H29FN2O3S2. The molecule has 1 aromatic carbocycles. The van der Waals surface area contributed by atoms with Crippen molar-refractivity contribution in [3.8, 4) is 0 Å². The Labute approximate surface area is 197 Å². The average Bonchev–Trinajstić information content (AvgIpc) is 3.10. The van der Waals surface area contributed by atoms with Crippen molar-refractivity contribution < 1.29 is 18.7 Å². The molecule has 0 aliphatic heterocycles. The van der Waals surface area contributed by atoms with Crippen molar-refractivity contribution in [2.45, 2.75) is 53.4 Å². The lowest BCUT2D eigenvalue weighted by Crippen LogP contribution is -2.34. The Bertz CT molecular complexity index is 1030. The van der Waals surface area contributed by atoms with Crippen LogP contribution in [0.25, 0.3) is 0 Å². The fourth-order valence-corrected chi connectivity index (χ4v) is 5.57. The van der Waals surface area contributed by atoms with Crippen LogP contribution in [0.5, 0.6) is 0 Å². The van der Waals surface area contributed by atoms with E-state index < -0.39 is 11.7 Å². The van der Waals surface area contributed by atoms with Gasteiger partial charge in [-0.25, -0.2) is 9.18 Å². The number of carbonyl (C=O) groups excluding carboxylic acids is 2. The number of amides is 1. The molecule has 2 N–H and O–H groups in total. The number of hydrogen-bond acceptors (Lipinski definition) is 5. The Hall–Kier alpha value is -2.32. The Morgan fingerprint density at radius 1 is 1.31 bits per heavy atom. The van der Waals surface area contributed by atoms with Crippen molar-refractivity contribution in [2.75, 3.05) is 11.9 Å². The number of nitrogens with one attached hydrogen (secondary N) is 2. The zero-order valence-corrected chi connectivity index (χ0v) is 20.5. The normalized spacial score (nSPS) is 15.6. The molecule has 1 aromatic heterocycles. The first-order valence-corrected chi connectivity index (χ1v) is 12.1. The van der Waals surface area contributed by atoms with E-state index in [9.17, 15) is 14.0 Å². The van der Waals surface area contributed by atoms with E-state index in [1.165, 1.54) is 29.5 Å². The lowest BCUT2D eigenvalue weighted by atomic mass is 9.69. The fraction of sp³-hybridized carbons (Fsp3) is 0.458. The van der Waals surface area contributed by atoms with Gasteiger partial charge in [0.15, 0.2) is 5.11 Å². The van der Waals surface area contributed by atoms with Crippen molar-refractivity contribution in [1.82, 2.24) is 5.32 Å². The summed E-state index contributed by atoms with van der Waals surface area (Å²) in [6.07, 6.45) is 3.80. The number of anilines is 1. The summed E-state index contributed by atoms with van der Waals surface area (Å²) >= 11 is 6.80. The molecular weight excluding hydrogens is 447 g/mol. The second-order valence-electron chi connectivity index (χ2n) is 8.63. The smallest absolute Gasteiger partial charge is 0.341 e. The van der Waals surface area contributed by atoms with Crippen LogP contribution in [0.3, 0.4) is 0 Å². The summed E-state index contributed by atoms with van der Waals surface area (Å²) in [7, 11) is 0. The molecule has 8 heteroatoms. The van der Waals surface area contributed by atoms with E-state index in [-0.39, 0.29) is 28.7 Å². The molecule has 3 rings (SSSR count). The highest BCUT2D eigenvalue weighted by Crippen LogP contribution is 2.45. The highest BCUT2D eigenvalue weighted by Gasteiger charge is 2.35. The van der Waals surface area contributed by atoms with Crippen molar-refractivity contribution in [1.29, 1.82) is 0 Å². The second kappa shape index (κ2) is 10.1. The predicted molar refractivity (Wildman–Crippen MR) is 130 cm³/mol. The van der Waals surface area contributed by atoms with Crippen LogP contribution in [0.4, 0.5) is 9.39 Å². The van der Waals surface area contributed by atoms with Crippen LogP contribution in [0.15, 0.2) is 24.3 Å². The van der Waals surface area contributed by atoms with Crippen LogP contribution in [0.2, 0.25) is 0 Å². The fourth-order valence-electron chi connectivity index (χ4n) is 3.99. The zero-order chi connectivity index (χ0) is 23.5. The van der Waals surface area contributed by atoms with E-state index in [1.807, 2.05) is 0 Å². The van der Waals surface area contributed by atoms with E-state index in [0.29, 0.717) is 16.5 Å². The molecule has 0 unspecified atom stereocenters. The number of fused-ring (bicyclic) bond motifs is 1. The summed E-state index contributed by atoms with van der Waals surface area (Å²) in [5.41, 5.74) is 1.89. The Balaban J connectivity index is 1.83. The number of hydrogen-bond donors (Lipinski definition) is 2. The molecule has 172 valence electrons. The average molecular weight is 477 g/mol. The highest BCUT2D eigenvalue weighted by molar-refractivity contribution is 7.80. The van der Waals surface area contributed by atoms with E-state index in [1.54, 1.807) is 6.92 Å². The van der Waals surface area contributed by atoms with Gasteiger partial charge in [-0.2, -0.15) is 0 Å². The third kappa shape index (κ3) is 5.35. The molecule has 1 amide bonds. The molecule has 0 saturated heterocycles.